The van der Waals surface area contributed by atoms with E-state index >= 15 is 0 Å². The number of carbonyl (C=O) groups is 2. The molecule has 1 aromatic carbocycles. The van der Waals surface area contributed by atoms with Gasteiger partial charge < -0.3 is 24.4 Å². The number of esters is 1. The summed E-state index contributed by atoms with van der Waals surface area (Å²) in [5.74, 6) is 0.560. The van der Waals surface area contributed by atoms with Crippen LogP contribution in [0.2, 0.25) is 0 Å². The number of amides is 1. The second-order valence-electron chi connectivity index (χ2n) is 4.37. The molecule has 1 atom stereocenters. The summed E-state index contributed by atoms with van der Waals surface area (Å²) in [5.41, 5.74) is 0.766. The topological polar surface area (TPSA) is 105 Å². The molecule has 1 aromatic rings. The Kier molecular flexibility index (Phi) is 8.53. The lowest BCUT2D eigenvalue weighted by atomic mass is 10.1. The van der Waals surface area contributed by atoms with Gasteiger partial charge in [0, 0.05) is 5.75 Å². The highest BCUT2D eigenvalue weighted by Gasteiger charge is 2.16. The Morgan fingerprint density at radius 3 is 2.59 bits per heavy atom. The molecule has 8 heteroatoms. The second-order valence-corrected chi connectivity index (χ2v) is 5.34. The number of nitrogens with one attached hydrogen (secondary N) is 1. The van der Waals surface area contributed by atoms with E-state index in [4.69, 9.17) is 19.1 Å². The number of benzene rings is 1. The highest BCUT2D eigenvalue weighted by atomic mass is 32.2. The van der Waals surface area contributed by atoms with Gasteiger partial charge in [-0.05, 0) is 36.2 Å². The number of rotatable bonds is 10. The van der Waals surface area contributed by atoms with Crippen LogP contribution in [0.1, 0.15) is 12.0 Å². The number of hydrogen-bond donors (Lipinski definition) is 3. The number of ether oxygens (including phenoxy) is 1. The lowest BCUT2D eigenvalue weighted by molar-refractivity contribution is -0.133. The molecule has 0 bridgehead atoms. The molecule has 0 saturated heterocycles. The van der Waals surface area contributed by atoms with Crippen molar-refractivity contribution >= 4 is 24.4 Å². The first-order valence-electron chi connectivity index (χ1n) is 6.58. The Morgan fingerprint density at radius 2 is 2.05 bits per heavy atom. The minimum atomic E-state index is -1.65. The zero-order chi connectivity index (χ0) is 16.4. The molecule has 3 N–H and O–H groups in total. The van der Waals surface area contributed by atoms with Gasteiger partial charge in [-0.2, -0.15) is 0 Å². The summed E-state index contributed by atoms with van der Waals surface area (Å²) < 4.78 is 9.91. The van der Waals surface area contributed by atoms with Crippen LogP contribution in [0.15, 0.2) is 24.3 Å². The first-order chi connectivity index (χ1) is 10.6. The Labute approximate surface area is 132 Å². The normalized spacial score (nSPS) is 12.0. The minimum Gasteiger partial charge on any atom is -0.427 e. The van der Waals surface area contributed by atoms with Crippen LogP contribution in [-0.4, -0.2) is 47.8 Å². The van der Waals surface area contributed by atoms with Gasteiger partial charge in [-0.15, -0.1) is 0 Å². The quantitative estimate of drug-likeness (QED) is 0.141. The smallest absolute Gasteiger partial charge is 0.312 e. The minimum absolute atomic E-state index is 0.238. The zero-order valence-electron chi connectivity index (χ0n) is 12.1. The summed E-state index contributed by atoms with van der Waals surface area (Å²) >= 11 is 1.18. The molecule has 7 nitrogen and oxygen atoms in total. The highest BCUT2D eigenvalue weighted by molar-refractivity contribution is 7.94. The molecule has 0 aromatic heterocycles. The number of carbonyl (C=O) groups excluding carboxylic acids is 2. The van der Waals surface area contributed by atoms with Gasteiger partial charge in [0.25, 0.3) is 0 Å². The lowest BCUT2D eigenvalue weighted by Crippen LogP contribution is -2.40. The molecule has 1 rings (SSSR count). The van der Waals surface area contributed by atoms with E-state index in [-0.39, 0.29) is 18.8 Å². The molecule has 0 heterocycles. The van der Waals surface area contributed by atoms with Crippen molar-refractivity contribution in [3.63, 3.8) is 0 Å². The van der Waals surface area contributed by atoms with E-state index in [1.165, 1.54) is 19.2 Å². The number of aliphatic hydroxyl groups excluding tert-OH is 1. The van der Waals surface area contributed by atoms with E-state index in [2.05, 4.69) is 5.32 Å². The first kappa shape index (κ1) is 18.4. The third kappa shape index (κ3) is 6.90. The Hall–Kier alpha value is -1.61. The third-order valence-corrected chi connectivity index (χ3v) is 3.37. The van der Waals surface area contributed by atoms with Crippen LogP contribution in [0.5, 0.6) is 5.75 Å². The van der Waals surface area contributed by atoms with Crippen LogP contribution < -0.4 is 10.1 Å². The van der Waals surface area contributed by atoms with Crippen molar-refractivity contribution < 1.29 is 28.7 Å². The maximum atomic E-state index is 11.5. The van der Waals surface area contributed by atoms with E-state index in [1.54, 1.807) is 24.3 Å². The Bertz CT molecular complexity index is 465. The van der Waals surface area contributed by atoms with Crippen molar-refractivity contribution in [1.29, 1.82) is 0 Å². The largest absolute Gasteiger partial charge is 0.427 e. The van der Waals surface area contributed by atoms with Crippen molar-refractivity contribution in [2.75, 3.05) is 12.9 Å². The molecule has 0 spiro atoms. The monoisotopic (exact) mass is 329 g/mol. The second kappa shape index (κ2) is 10.2. The van der Waals surface area contributed by atoms with E-state index in [1.807, 2.05) is 0 Å². The summed E-state index contributed by atoms with van der Waals surface area (Å²) in [4.78, 5) is 21.9. The molecule has 122 valence electrons. The Morgan fingerprint density at radius 1 is 1.36 bits per heavy atom. The summed E-state index contributed by atoms with van der Waals surface area (Å²) in [6, 6.07) is 5.80. The molecule has 1 amide bonds. The maximum Gasteiger partial charge on any atom is 0.312 e. The van der Waals surface area contributed by atoms with Crippen LogP contribution in [0.25, 0.3) is 0 Å². The van der Waals surface area contributed by atoms with E-state index in [0.29, 0.717) is 17.9 Å². The van der Waals surface area contributed by atoms with Gasteiger partial charge in [-0.25, -0.2) is 0 Å². The standard InChI is InChI=1S/C14H19NO6S/c1-20-22-7-6-13(17)21-11-4-2-10(3-5-11)8-12(14(18)19)15-9-16/h2-5,9,12,14,18-19H,6-8H2,1H3,(H,15,16). The fraction of sp³-hybridized carbons (Fsp3) is 0.429. The third-order valence-electron chi connectivity index (χ3n) is 2.76. The summed E-state index contributed by atoms with van der Waals surface area (Å²) in [5, 5.41) is 20.6. The fourth-order valence-corrected chi connectivity index (χ4v) is 2.09. The van der Waals surface area contributed by atoms with Gasteiger partial charge in [-0.3, -0.25) is 9.59 Å². The average molecular weight is 329 g/mol. The summed E-state index contributed by atoms with van der Waals surface area (Å²) in [7, 11) is 1.53. The number of hydrogen-bond acceptors (Lipinski definition) is 7. The van der Waals surface area contributed by atoms with Gasteiger partial charge in [0.2, 0.25) is 6.41 Å². The highest BCUT2D eigenvalue weighted by Crippen LogP contribution is 2.15. The Balaban J connectivity index is 2.51. The zero-order valence-corrected chi connectivity index (χ0v) is 12.9. The van der Waals surface area contributed by atoms with Gasteiger partial charge in [0.15, 0.2) is 6.29 Å². The van der Waals surface area contributed by atoms with Crippen LogP contribution in [0.3, 0.4) is 0 Å². The molecule has 0 radical (unpaired) electrons. The van der Waals surface area contributed by atoms with E-state index in [9.17, 15) is 9.59 Å². The van der Waals surface area contributed by atoms with Crippen molar-refractivity contribution in [2.45, 2.75) is 25.2 Å². The molecule has 0 aliphatic rings. The van der Waals surface area contributed by atoms with Gasteiger partial charge >= 0.3 is 5.97 Å². The van der Waals surface area contributed by atoms with Gasteiger partial charge in [0.05, 0.1) is 19.6 Å². The molecule has 1 unspecified atom stereocenters. The van der Waals surface area contributed by atoms with Crippen LogP contribution in [-0.2, 0) is 20.2 Å². The van der Waals surface area contributed by atoms with E-state index < -0.39 is 12.3 Å². The maximum absolute atomic E-state index is 11.5. The predicted molar refractivity (Wildman–Crippen MR) is 81.1 cm³/mol. The first-order valence-corrected chi connectivity index (χ1v) is 7.49. The SMILES string of the molecule is COSCCC(=O)Oc1ccc(CC(NC=O)C(O)O)cc1. The lowest BCUT2D eigenvalue weighted by Gasteiger charge is -2.18. The number of aliphatic hydroxyl groups is 2. The molecular weight excluding hydrogens is 310 g/mol. The van der Waals surface area contributed by atoms with Crippen molar-refractivity contribution in [1.82, 2.24) is 5.32 Å². The van der Waals surface area contributed by atoms with Gasteiger partial charge in [-0.1, -0.05) is 12.1 Å². The summed E-state index contributed by atoms with van der Waals surface area (Å²) in [6.45, 7) is 0. The summed E-state index contributed by atoms with van der Waals surface area (Å²) in [6.07, 6.45) is -0.753. The van der Waals surface area contributed by atoms with Crippen molar-refractivity contribution in [2.24, 2.45) is 0 Å². The predicted octanol–water partition coefficient (Wildman–Crippen LogP) is 0.245. The van der Waals surface area contributed by atoms with Crippen LogP contribution in [0.4, 0.5) is 0 Å². The van der Waals surface area contributed by atoms with E-state index in [0.717, 1.165) is 5.56 Å². The van der Waals surface area contributed by atoms with Gasteiger partial charge in [0.1, 0.15) is 5.75 Å². The van der Waals surface area contributed by atoms with Crippen molar-refractivity contribution in [3.8, 4) is 5.75 Å². The molecule has 22 heavy (non-hydrogen) atoms. The fourth-order valence-electron chi connectivity index (χ4n) is 1.68. The molecule has 0 aliphatic heterocycles. The average Bonchev–Trinajstić information content (AvgIpc) is 2.49. The van der Waals surface area contributed by atoms with Crippen molar-refractivity contribution in [3.05, 3.63) is 29.8 Å². The molecule has 0 saturated carbocycles. The molecular formula is C14H19NO6S. The molecule has 0 fully saturated rings. The van der Waals surface area contributed by atoms with Crippen LogP contribution in [0, 0.1) is 0 Å². The van der Waals surface area contributed by atoms with Crippen LogP contribution >= 0.6 is 12.0 Å². The molecule has 0 aliphatic carbocycles.